The van der Waals surface area contributed by atoms with Gasteiger partial charge < -0.3 is 4.74 Å². The maximum atomic E-state index is 13.3. The smallest absolute Gasteiger partial charge is 0.165 e. The Balaban J connectivity index is 2.07. The minimum atomic E-state index is -0.390. The predicted molar refractivity (Wildman–Crippen MR) is 62.6 cm³/mol. The maximum absolute atomic E-state index is 13.3. The van der Waals surface area contributed by atoms with E-state index >= 15 is 0 Å². The Kier molecular flexibility index (Phi) is 3.50. The summed E-state index contributed by atoms with van der Waals surface area (Å²) in [6.07, 6.45) is 0.770. The second-order valence-corrected chi connectivity index (χ2v) is 3.58. The van der Waals surface area contributed by atoms with Crippen LogP contribution in [0.2, 0.25) is 0 Å². The Hall–Kier alpha value is -2.16. The number of carbonyl (C=O) groups is 1. The molecule has 0 aliphatic heterocycles. The van der Waals surface area contributed by atoms with Gasteiger partial charge in [-0.25, -0.2) is 4.39 Å². The van der Waals surface area contributed by atoms with Crippen LogP contribution >= 0.6 is 0 Å². The van der Waals surface area contributed by atoms with E-state index in [9.17, 15) is 9.18 Å². The molecule has 0 radical (unpaired) electrons. The number of hydrogen-bond donors (Lipinski definition) is 0. The summed E-state index contributed by atoms with van der Waals surface area (Å²) < 4.78 is 18.6. The summed E-state index contributed by atoms with van der Waals surface area (Å²) in [4.78, 5) is 10.6. The summed E-state index contributed by atoms with van der Waals surface area (Å²) >= 11 is 0. The van der Waals surface area contributed by atoms with Gasteiger partial charge in [-0.05, 0) is 23.8 Å². The molecule has 0 bridgehead atoms. The molecule has 0 N–H and O–H groups in total. The highest BCUT2D eigenvalue weighted by atomic mass is 19.1. The lowest BCUT2D eigenvalue weighted by Crippen LogP contribution is -1.97. The molecular formula is C14H11FO2. The largest absolute Gasteiger partial charge is 0.486 e. The summed E-state index contributed by atoms with van der Waals surface area (Å²) in [6, 6.07) is 13.2. The molecule has 0 saturated carbocycles. The first-order valence-corrected chi connectivity index (χ1v) is 5.21. The average molecular weight is 230 g/mol. The van der Waals surface area contributed by atoms with Gasteiger partial charge in [0.25, 0.3) is 0 Å². The predicted octanol–water partition coefficient (Wildman–Crippen LogP) is 3.22. The molecule has 17 heavy (non-hydrogen) atoms. The van der Waals surface area contributed by atoms with E-state index in [1.54, 1.807) is 36.4 Å². The van der Waals surface area contributed by atoms with E-state index in [4.69, 9.17) is 4.74 Å². The normalized spacial score (nSPS) is 9.94. The van der Waals surface area contributed by atoms with Crippen LogP contribution in [0, 0.1) is 5.82 Å². The van der Waals surface area contributed by atoms with Gasteiger partial charge in [0, 0.05) is 5.56 Å². The fourth-order valence-corrected chi connectivity index (χ4v) is 1.48. The SMILES string of the molecule is O=Cc1cccc(COc2ccccc2F)c1. The van der Waals surface area contributed by atoms with Crippen molar-refractivity contribution < 1.29 is 13.9 Å². The first kappa shape index (κ1) is 11.3. The van der Waals surface area contributed by atoms with Crippen LogP contribution in [0.3, 0.4) is 0 Å². The van der Waals surface area contributed by atoms with Gasteiger partial charge >= 0.3 is 0 Å². The fraction of sp³-hybridized carbons (Fsp3) is 0.0714. The Morgan fingerprint density at radius 1 is 1.12 bits per heavy atom. The number of aldehydes is 1. The summed E-state index contributed by atoms with van der Waals surface area (Å²) in [5, 5.41) is 0. The van der Waals surface area contributed by atoms with Crippen LogP contribution in [-0.4, -0.2) is 6.29 Å². The molecule has 0 aromatic heterocycles. The van der Waals surface area contributed by atoms with Gasteiger partial charge in [-0.15, -0.1) is 0 Å². The van der Waals surface area contributed by atoms with Crippen molar-refractivity contribution in [2.45, 2.75) is 6.61 Å². The second-order valence-electron chi connectivity index (χ2n) is 3.58. The van der Waals surface area contributed by atoms with Crippen molar-refractivity contribution in [2.24, 2.45) is 0 Å². The zero-order chi connectivity index (χ0) is 12.1. The van der Waals surface area contributed by atoms with Gasteiger partial charge in [0.1, 0.15) is 12.9 Å². The Bertz CT molecular complexity index is 523. The molecule has 0 saturated heterocycles. The van der Waals surface area contributed by atoms with Crippen LogP contribution in [0.1, 0.15) is 15.9 Å². The zero-order valence-corrected chi connectivity index (χ0v) is 9.10. The number of ether oxygens (including phenoxy) is 1. The standard InChI is InChI=1S/C14H11FO2/c15-13-6-1-2-7-14(13)17-10-12-5-3-4-11(8-12)9-16/h1-9H,10H2. The molecule has 3 heteroatoms. The van der Waals surface area contributed by atoms with Crippen LogP contribution in [0.25, 0.3) is 0 Å². The number of rotatable bonds is 4. The Labute approximate surface area is 98.7 Å². The number of para-hydroxylation sites is 1. The van der Waals surface area contributed by atoms with Gasteiger partial charge in [0.15, 0.2) is 11.6 Å². The first-order chi connectivity index (χ1) is 8.29. The fourth-order valence-electron chi connectivity index (χ4n) is 1.48. The van der Waals surface area contributed by atoms with Crippen LogP contribution in [0.15, 0.2) is 48.5 Å². The minimum Gasteiger partial charge on any atom is -0.486 e. The molecule has 0 atom stereocenters. The summed E-state index contributed by atoms with van der Waals surface area (Å²) in [6.45, 7) is 0.239. The molecule has 0 amide bonds. The maximum Gasteiger partial charge on any atom is 0.165 e. The molecule has 2 nitrogen and oxygen atoms in total. The van der Waals surface area contributed by atoms with Crippen LogP contribution < -0.4 is 4.74 Å². The molecule has 0 aliphatic rings. The average Bonchev–Trinajstić information content (AvgIpc) is 2.38. The van der Waals surface area contributed by atoms with Crippen molar-refractivity contribution in [3.05, 3.63) is 65.5 Å². The number of carbonyl (C=O) groups excluding carboxylic acids is 1. The molecule has 0 heterocycles. The van der Waals surface area contributed by atoms with E-state index in [0.29, 0.717) is 5.56 Å². The topological polar surface area (TPSA) is 26.3 Å². The number of benzene rings is 2. The monoisotopic (exact) mass is 230 g/mol. The summed E-state index contributed by atoms with van der Waals surface area (Å²) in [7, 11) is 0. The van der Waals surface area contributed by atoms with Gasteiger partial charge in [-0.2, -0.15) is 0 Å². The van der Waals surface area contributed by atoms with Crippen LogP contribution in [0.5, 0.6) is 5.75 Å². The number of hydrogen-bond acceptors (Lipinski definition) is 2. The minimum absolute atomic E-state index is 0.212. The van der Waals surface area contributed by atoms with Crippen LogP contribution in [-0.2, 0) is 6.61 Å². The van der Waals surface area contributed by atoms with Crippen molar-refractivity contribution in [1.82, 2.24) is 0 Å². The molecule has 2 aromatic rings. The zero-order valence-electron chi connectivity index (χ0n) is 9.10. The lowest BCUT2D eigenvalue weighted by molar-refractivity contribution is 0.112. The lowest BCUT2D eigenvalue weighted by Gasteiger charge is -2.07. The van der Waals surface area contributed by atoms with Crippen molar-refractivity contribution in [1.29, 1.82) is 0 Å². The molecule has 2 aromatic carbocycles. The third-order valence-electron chi connectivity index (χ3n) is 2.32. The van der Waals surface area contributed by atoms with Crippen molar-refractivity contribution >= 4 is 6.29 Å². The quantitative estimate of drug-likeness (QED) is 0.754. The van der Waals surface area contributed by atoms with E-state index in [1.165, 1.54) is 6.07 Å². The van der Waals surface area contributed by atoms with Gasteiger partial charge in [0.05, 0.1) is 0 Å². The van der Waals surface area contributed by atoms with Crippen molar-refractivity contribution in [3.63, 3.8) is 0 Å². The van der Waals surface area contributed by atoms with E-state index in [-0.39, 0.29) is 18.2 Å². The lowest BCUT2D eigenvalue weighted by atomic mass is 10.1. The summed E-state index contributed by atoms with van der Waals surface area (Å²) in [5.41, 5.74) is 1.41. The molecule has 2 rings (SSSR count). The van der Waals surface area contributed by atoms with E-state index < -0.39 is 0 Å². The molecular weight excluding hydrogens is 219 g/mol. The first-order valence-electron chi connectivity index (χ1n) is 5.21. The number of halogens is 1. The highest BCUT2D eigenvalue weighted by molar-refractivity contribution is 5.74. The molecule has 0 unspecified atom stereocenters. The Morgan fingerprint density at radius 2 is 1.94 bits per heavy atom. The summed E-state index contributed by atoms with van der Waals surface area (Å²) in [5.74, 6) is -0.178. The molecule has 0 spiro atoms. The van der Waals surface area contributed by atoms with Gasteiger partial charge in [-0.1, -0.05) is 30.3 Å². The highest BCUT2D eigenvalue weighted by Crippen LogP contribution is 2.17. The highest BCUT2D eigenvalue weighted by Gasteiger charge is 2.02. The molecule has 0 aliphatic carbocycles. The van der Waals surface area contributed by atoms with E-state index in [0.717, 1.165) is 11.8 Å². The Morgan fingerprint density at radius 3 is 2.71 bits per heavy atom. The van der Waals surface area contributed by atoms with E-state index in [1.807, 2.05) is 6.07 Å². The third kappa shape index (κ3) is 2.91. The third-order valence-corrected chi connectivity index (χ3v) is 2.32. The van der Waals surface area contributed by atoms with Gasteiger partial charge in [-0.3, -0.25) is 4.79 Å². The van der Waals surface area contributed by atoms with Gasteiger partial charge in [0.2, 0.25) is 0 Å². The molecule has 86 valence electrons. The van der Waals surface area contributed by atoms with Crippen molar-refractivity contribution in [3.8, 4) is 5.75 Å². The van der Waals surface area contributed by atoms with Crippen molar-refractivity contribution in [2.75, 3.05) is 0 Å². The van der Waals surface area contributed by atoms with E-state index in [2.05, 4.69) is 0 Å². The molecule has 0 fully saturated rings. The second kappa shape index (κ2) is 5.25. The van der Waals surface area contributed by atoms with Crippen LogP contribution in [0.4, 0.5) is 4.39 Å².